The number of hydrogen-bond acceptors (Lipinski definition) is 6. The first kappa shape index (κ1) is 26.5. The van der Waals surface area contributed by atoms with Crippen LogP contribution in [-0.4, -0.2) is 52.0 Å². The summed E-state index contributed by atoms with van der Waals surface area (Å²) >= 11 is 6.21. The fraction of sp³-hybridized carbons (Fsp3) is 0.310. The van der Waals surface area contributed by atoms with Gasteiger partial charge in [0.2, 0.25) is 0 Å². The minimum atomic E-state index is -1.04. The monoisotopic (exact) mass is 548 g/mol. The number of carbonyl (C=O) groups excluding carboxylic acids is 1. The number of ether oxygens (including phenoxy) is 2. The SMILES string of the molecule is COc1ccc(OC)c(-c2cc(C(=O)N[C@H](C(=O)O)C3CCCCC3)nn2-c2ccnc3cc(Cl)ccc23)c1. The first-order chi connectivity index (χ1) is 18.9. The lowest BCUT2D eigenvalue weighted by molar-refractivity contribution is -0.141. The van der Waals surface area contributed by atoms with Crippen molar-refractivity contribution in [1.29, 1.82) is 0 Å². The molecule has 0 bridgehead atoms. The molecule has 1 amide bonds. The number of nitrogens with one attached hydrogen (secondary N) is 1. The second-order valence-corrected chi connectivity index (χ2v) is 10.0. The molecule has 0 spiro atoms. The van der Waals surface area contributed by atoms with E-state index in [1.54, 1.807) is 67.6 Å². The number of carbonyl (C=O) groups is 2. The minimum Gasteiger partial charge on any atom is -0.497 e. The maximum absolute atomic E-state index is 13.5. The van der Waals surface area contributed by atoms with Gasteiger partial charge in [-0.3, -0.25) is 9.78 Å². The van der Waals surface area contributed by atoms with Gasteiger partial charge in [-0.2, -0.15) is 5.10 Å². The fourth-order valence-corrected chi connectivity index (χ4v) is 5.40. The highest BCUT2D eigenvalue weighted by atomic mass is 35.5. The van der Waals surface area contributed by atoms with E-state index in [0.717, 1.165) is 37.5 Å². The average Bonchev–Trinajstić information content (AvgIpc) is 3.40. The van der Waals surface area contributed by atoms with Gasteiger partial charge in [0.1, 0.15) is 17.5 Å². The van der Waals surface area contributed by atoms with Crippen LogP contribution in [0.3, 0.4) is 0 Å². The number of aliphatic carboxylic acids is 1. The summed E-state index contributed by atoms with van der Waals surface area (Å²) in [6.45, 7) is 0. The Labute approximate surface area is 230 Å². The van der Waals surface area contributed by atoms with Crippen LogP contribution < -0.4 is 14.8 Å². The number of nitrogens with zero attached hydrogens (tertiary/aromatic N) is 3. The summed E-state index contributed by atoms with van der Waals surface area (Å²) in [5, 5.41) is 18.6. The Hall–Kier alpha value is -4.11. The number of fused-ring (bicyclic) bond motifs is 1. The van der Waals surface area contributed by atoms with Crippen LogP contribution in [0.15, 0.2) is 54.7 Å². The van der Waals surface area contributed by atoms with Crippen molar-refractivity contribution in [2.24, 2.45) is 5.92 Å². The summed E-state index contributed by atoms with van der Waals surface area (Å²) in [5.74, 6) is -0.568. The third kappa shape index (κ3) is 5.40. The van der Waals surface area contributed by atoms with Gasteiger partial charge in [0, 0.05) is 22.2 Å². The molecule has 0 saturated heterocycles. The van der Waals surface area contributed by atoms with Gasteiger partial charge >= 0.3 is 5.97 Å². The van der Waals surface area contributed by atoms with Crippen LogP contribution in [0.1, 0.15) is 42.6 Å². The number of methoxy groups -OCH3 is 2. The number of halogens is 1. The molecule has 1 aliphatic carbocycles. The molecule has 1 saturated carbocycles. The van der Waals surface area contributed by atoms with Gasteiger partial charge in [0.15, 0.2) is 5.69 Å². The van der Waals surface area contributed by atoms with E-state index in [9.17, 15) is 14.7 Å². The zero-order valence-corrected chi connectivity index (χ0v) is 22.4. The van der Waals surface area contributed by atoms with E-state index in [1.807, 2.05) is 6.07 Å². The van der Waals surface area contributed by atoms with Crippen molar-refractivity contribution in [3.05, 3.63) is 65.4 Å². The first-order valence-electron chi connectivity index (χ1n) is 12.8. The van der Waals surface area contributed by atoms with Crippen molar-refractivity contribution in [3.63, 3.8) is 0 Å². The molecule has 1 aliphatic rings. The summed E-state index contributed by atoms with van der Waals surface area (Å²) in [6, 6.07) is 13.2. The second-order valence-electron chi connectivity index (χ2n) is 9.57. The largest absolute Gasteiger partial charge is 0.497 e. The molecular weight excluding hydrogens is 520 g/mol. The molecule has 0 unspecified atom stereocenters. The van der Waals surface area contributed by atoms with Crippen LogP contribution in [-0.2, 0) is 4.79 Å². The molecule has 0 aliphatic heterocycles. The van der Waals surface area contributed by atoms with Crippen molar-refractivity contribution in [2.75, 3.05) is 14.2 Å². The number of pyridine rings is 1. The quantitative estimate of drug-likeness (QED) is 0.298. The van der Waals surface area contributed by atoms with Crippen molar-refractivity contribution in [2.45, 2.75) is 38.1 Å². The smallest absolute Gasteiger partial charge is 0.326 e. The van der Waals surface area contributed by atoms with Crippen LogP contribution in [0.4, 0.5) is 0 Å². The second kappa shape index (κ2) is 11.3. The molecule has 202 valence electrons. The van der Waals surface area contributed by atoms with Crippen LogP contribution >= 0.6 is 11.6 Å². The zero-order valence-electron chi connectivity index (χ0n) is 21.7. The van der Waals surface area contributed by atoms with E-state index < -0.39 is 17.9 Å². The Morgan fingerprint density at radius 3 is 2.56 bits per heavy atom. The third-order valence-corrected chi connectivity index (χ3v) is 7.44. The average molecular weight is 549 g/mol. The van der Waals surface area contributed by atoms with Gasteiger partial charge in [-0.05, 0) is 67.3 Å². The van der Waals surface area contributed by atoms with Crippen molar-refractivity contribution < 1.29 is 24.2 Å². The van der Waals surface area contributed by atoms with Crippen molar-refractivity contribution >= 4 is 34.4 Å². The molecule has 10 heteroatoms. The number of amides is 1. The molecule has 2 N–H and O–H groups in total. The number of benzene rings is 2. The molecule has 2 heterocycles. The van der Waals surface area contributed by atoms with Gasteiger partial charge in [0.25, 0.3) is 5.91 Å². The molecular formula is C29H29ClN4O5. The highest BCUT2D eigenvalue weighted by molar-refractivity contribution is 6.31. The molecule has 2 aromatic carbocycles. The summed E-state index contributed by atoms with van der Waals surface area (Å²) in [7, 11) is 3.13. The summed E-state index contributed by atoms with van der Waals surface area (Å²) in [6.07, 6.45) is 6.17. The normalized spacial score (nSPS) is 14.6. The standard InChI is InChI=1S/C29H29ClN4O5/c1-38-19-9-11-26(39-2)21(15-19)25-16-23(28(35)32-27(29(36)37)17-6-4-3-5-7-17)33-34(25)24-12-13-31-22-14-18(30)8-10-20(22)24/h8-17,27H,3-7H2,1-2H3,(H,32,35)(H,36,37)/t27-/m0/s1. The fourth-order valence-electron chi connectivity index (χ4n) is 5.24. The first-order valence-corrected chi connectivity index (χ1v) is 13.2. The molecule has 2 aromatic heterocycles. The van der Waals surface area contributed by atoms with Crippen molar-refractivity contribution in [1.82, 2.24) is 20.1 Å². The highest BCUT2D eigenvalue weighted by Gasteiger charge is 2.32. The Balaban J connectivity index is 1.64. The van der Waals surface area contributed by atoms with E-state index in [1.165, 1.54) is 0 Å². The van der Waals surface area contributed by atoms with Crippen LogP contribution in [0.25, 0.3) is 27.8 Å². The van der Waals surface area contributed by atoms with Gasteiger partial charge in [0.05, 0.1) is 31.1 Å². The summed E-state index contributed by atoms with van der Waals surface area (Å²) in [5.41, 5.74) is 2.61. The van der Waals surface area contributed by atoms with E-state index in [2.05, 4.69) is 15.4 Å². The van der Waals surface area contributed by atoms with Crippen LogP contribution in [0.2, 0.25) is 5.02 Å². The van der Waals surface area contributed by atoms with Gasteiger partial charge < -0.3 is 19.9 Å². The van der Waals surface area contributed by atoms with E-state index in [4.69, 9.17) is 21.1 Å². The maximum Gasteiger partial charge on any atom is 0.326 e. The highest BCUT2D eigenvalue weighted by Crippen LogP contribution is 2.36. The minimum absolute atomic E-state index is 0.0795. The Bertz CT molecular complexity index is 1530. The molecule has 39 heavy (non-hydrogen) atoms. The van der Waals surface area contributed by atoms with Crippen molar-refractivity contribution in [3.8, 4) is 28.4 Å². The Morgan fingerprint density at radius 1 is 1.05 bits per heavy atom. The molecule has 1 fully saturated rings. The van der Waals surface area contributed by atoms with Gasteiger partial charge in [-0.1, -0.05) is 30.9 Å². The lowest BCUT2D eigenvalue weighted by Crippen LogP contribution is -2.46. The Morgan fingerprint density at radius 2 is 1.85 bits per heavy atom. The number of carboxylic acids is 1. The third-order valence-electron chi connectivity index (χ3n) is 7.21. The number of aromatic nitrogens is 3. The molecule has 0 radical (unpaired) electrons. The number of carboxylic acid groups (broad SMARTS) is 1. The lowest BCUT2D eigenvalue weighted by atomic mass is 9.84. The van der Waals surface area contributed by atoms with Crippen LogP contribution in [0, 0.1) is 5.92 Å². The Kier molecular flexibility index (Phi) is 7.70. The summed E-state index contributed by atoms with van der Waals surface area (Å²) < 4.78 is 12.7. The summed E-state index contributed by atoms with van der Waals surface area (Å²) in [4.78, 5) is 30.0. The lowest BCUT2D eigenvalue weighted by Gasteiger charge is -2.27. The van der Waals surface area contributed by atoms with E-state index >= 15 is 0 Å². The topological polar surface area (TPSA) is 116 Å². The molecule has 5 rings (SSSR count). The molecule has 4 aromatic rings. The molecule has 1 atom stereocenters. The van der Waals surface area contributed by atoms with Gasteiger partial charge in [-0.15, -0.1) is 0 Å². The number of rotatable bonds is 8. The van der Waals surface area contributed by atoms with E-state index in [0.29, 0.717) is 39.0 Å². The zero-order chi connectivity index (χ0) is 27.5. The van der Waals surface area contributed by atoms with Crippen LogP contribution in [0.5, 0.6) is 11.5 Å². The van der Waals surface area contributed by atoms with Gasteiger partial charge in [-0.25, -0.2) is 9.48 Å². The molecule has 9 nitrogen and oxygen atoms in total. The predicted molar refractivity (Wildman–Crippen MR) is 148 cm³/mol. The predicted octanol–water partition coefficient (Wildman–Crippen LogP) is 5.52. The maximum atomic E-state index is 13.5. The number of hydrogen-bond donors (Lipinski definition) is 2. The van der Waals surface area contributed by atoms with E-state index in [-0.39, 0.29) is 11.6 Å².